The molecule has 6 heteroatoms. The molecule has 16 heavy (non-hydrogen) atoms. The van der Waals surface area contributed by atoms with E-state index in [-0.39, 0.29) is 11.8 Å². The number of amides is 2. The quantitative estimate of drug-likeness (QED) is 0.273. The molecule has 0 saturated heterocycles. The summed E-state index contributed by atoms with van der Waals surface area (Å²) in [5, 5.41) is 9.08. The predicted molar refractivity (Wildman–Crippen MR) is 56.0 cm³/mol. The maximum atomic E-state index is 11.1. The van der Waals surface area contributed by atoms with Gasteiger partial charge in [-0.3, -0.25) is 14.8 Å². The number of imide groups is 1. The lowest BCUT2D eigenvalue weighted by molar-refractivity contribution is -0.242. The van der Waals surface area contributed by atoms with Crippen LogP contribution >= 0.6 is 0 Å². The van der Waals surface area contributed by atoms with Crippen LogP contribution in [-0.2, 0) is 14.5 Å². The number of nitrogens with zero attached hydrogens (tertiary/aromatic N) is 1. The van der Waals surface area contributed by atoms with Crippen molar-refractivity contribution >= 4 is 11.8 Å². The molecule has 1 aliphatic rings. The molecule has 1 rings (SSSR count). The zero-order valence-corrected chi connectivity index (χ0v) is 9.02. The van der Waals surface area contributed by atoms with E-state index >= 15 is 0 Å². The van der Waals surface area contributed by atoms with Crippen molar-refractivity contribution in [3.05, 3.63) is 12.2 Å². The van der Waals surface area contributed by atoms with Crippen molar-refractivity contribution in [2.24, 2.45) is 0 Å². The van der Waals surface area contributed by atoms with E-state index in [0.717, 1.165) is 30.7 Å². The standard InChI is InChI=1S/C10H16N2O4/c13-9-5-6-10(14)12(9)11-7-3-1-2-4-8-16-15/h5-6,11,15H,1-4,7-8H2. The van der Waals surface area contributed by atoms with Gasteiger partial charge in [0.15, 0.2) is 0 Å². The topological polar surface area (TPSA) is 78.9 Å². The second-order valence-corrected chi connectivity index (χ2v) is 3.50. The van der Waals surface area contributed by atoms with Crippen LogP contribution in [0, 0.1) is 0 Å². The van der Waals surface area contributed by atoms with E-state index in [2.05, 4.69) is 10.3 Å². The number of hydrogen-bond donors (Lipinski definition) is 2. The fourth-order valence-corrected chi connectivity index (χ4v) is 1.39. The molecule has 6 nitrogen and oxygen atoms in total. The molecule has 0 aromatic heterocycles. The Morgan fingerprint density at radius 2 is 1.75 bits per heavy atom. The van der Waals surface area contributed by atoms with Crippen LogP contribution in [0.5, 0.6) is 0 Å². The lowest BCUT2D eigenvalue weighted by atomic mass is 10.2. The molecule has 0 bridgehead atoms. The van der Waals surface area contributed by atoms with Crippen molar-refractivity contribution in [2.45, 2.75) is 25.7 Å². The van der Waals surface area contributed by atoms with Gasteiger partial charge in [-0.1, -0.05) is 12.8 Å². The Bertz CT molecular complexity index is 260. The first-order valence-electron chi connectivity index (χ1n) is 5.31. The van der Waals surface area contributed by atoms with Crippen molar-refractivity contribution < 1.29 is 19.7 Å². The first-order chi connectivity index (χ1) is 7.75. The third-order valence-corrected chi connectivity index (χ3v) is 2.24. The highest BCUT2D eigenvalue weighted by molar-refractivity contribution is 6.12. The van der Waals surface area contributed by atoms with Crippen molar-refractivity contribution in [1.82, 2.24) is 10.4 Å². The van der Waals surface area contributed by atoms with Gasteiger partial charge in [-0.25, -0.2) is 15.3 Å². The molecule has 90 valence electrons. The lowest BCUT2D eigenvalue weighted by Crippen LogP contribution is -2.42. The van der Waals surface area contributed by atoms with Gasteiger partial charge in [0.25, 0.3) is 11.8 Å². The Morgan fingerprint density at radius 3 is 2.38 bits per heavy atom. The lowest BCUT2D eigenvalue weighted by Gasteiger charge is -2.14. The molecule has 0 aliphatic carbocycles. The summed E-state index contributed by atoms with van der Waals surface area (Å²) in [7, 11) is 0. The van der Waals surface area contributed by atoms with Gasteiger partial charge in [0.2, 0.25) is 0 Å². The van der Waals surface area contributed by atoms with E-state index in [4.69, 9.17) is 5.26 Å². The number of unbranched alkanes of at least 4 members (excludes halogenated alkanes) is 3. The van der Waals surface area contributed by atoms with Crippen LogP contribution < -0.4 is 5.43 Å². The number of hydrogen-bond acceptors (Lipinski definition) is 5. The van der Waals surface area contributed by atoms with Crippen LogP contribution in [0.15, 0.2) is 12.2 Å². The maximum absolute atomic E-state index is 11.1. The van der Waals surface area contributed by atoms with E-state index in [1.54, 1.807) is 0 Å². The van der Waals surface area contributed by atoms with Gasteiger partial charge in [0, 0.05) is 18.7 Å². The van der Waals surface area contributed by atoms with Gasteiger partial charge in [0.1, 0.15) is 0 Å². The number of carbonyl (C=O) groups excluding carboxylic acids is 2. The number of nitrogens with one attached hydrogen (secondary N) is 1. The maximum Gasteiger partial charge on any atom is 0.268 e. The SMILES string of the molecule is O=C1C=CC(=O)N1NCCCCCCOO. The van der Waals surface area contributed by atoms with Gasteiger partial charge in [0.05, 0.1) is 6.61 Å². The third kappa shape index (κ3) is 4.09. The van der Waals surface area contributed by atoms with E-state index in [9.17, 15) is 9.59 Å². The van der Waals surface area contributed by atoms with Gasteiger partial charge in [-0.05, 0) is 12.8 Å². The molecule has 1 heterocycles. The van der Waals surface area contributed by atoms with E-state index in [0.29, 0.717) is 13.2 Å². The highest BCUT2D eigenvalue weighted by Gasteiger charge is 2.22. The Labute approximate surface area is 93.8 Å². The Hall–Kier alpha value is -1.24. The van der Waals surface area contributed by atoms with E-state index in [1.165, 1.54) is 12.2 Å². The van der Waals surface area contributed by atoms with Crippen molar-refractivity contribution in [1.29, 1.82) is 0 Å². The first kappa shape index (κ1) is 12.8. The molecular formula is C10H16N2O4. The highest BCUT2D eigenvalue weighted by atomic mass is 17.1. The summed E-state index contributed by atoms with van der Waals surface area (Å²) in [6.07, 6.45) is 6.06. The molecule has 1 aliphatic heterocycles. The molecule has 2 amide bonds. The first-order valence-corrected chi connectivity index (χ1v) is 5.31. The molecule has 0 spiro atoms. The van der Waals surface area contributed by atoms with Crippen molar-refractivity contribution in [3.63, 3.8) is 0 Å². The molecular weight excluding hydrogens is 212 g/mol. The third-order valence-electron chi connectivity index (χ3n) is 2.24. The second-order valence-electron chi connectivity index (χ2n) is 3.50. The molecule has 0 saturated carbocycles. The summed E-state index contributed by atoms with van der Waals surface area (Å²) >= 11 is 0. The minimum Gasteiger partial charge on any atom is -0.268 e. The fourth-order valence-electron chi connectivity index (χ4n) is 1.39. The second kappa shape index (κ2) is 7.10. The average molecular weight is 228 g/mol. The smallest absolute Gasteiger partial charge is 0.268 e. The fraction of sp³-hybridized carbons (Fsp3) is 0.600. The van der Waals surface area contributed by atoms with Crippen LogP contribution in [-0.4, -0.2) is 35.2 Å². The zero-order chi connectivity index (χ0) is 11.8. The molecule has 0 radical (unpaired) electrons. The summed E-state index contributed by atoms with van der Waals surface area (Å²) in [6, 6.07) is 0. The minimum atomic E-state index is -0.321. The molecule has 2 N–H and O–H groups in total. The normalized spacial score (nSPS) is 15.2. The number of carbonyl (C=O) groups is 2. The average Bonchev–Trinajstić information content (AvgIpc) is 2.59. The van der Waals surface area contributed by atoms with Gasteiger partial charge < -0.3 is 0 Å². The van der Waals surface area contributed by atoms with Crippen LogP contribution in [0.3, 0.4) is 0 Å². The van der Waals surface area contributed by atoms with Crippen molar-refractivity contribution in [3.8, 4) is 0 Å². The van der Waals surface area contributed by atoms with Crippen LogP contribution in [0.1, 0.15) is 25.7 Å². The van der Waals surface area contributed by atoms with Crippen LogP contribution in [0.4, 0.5) is 0 Å². The summed E-state index contributed by atoms with van der Waals surface area (Å²) in [6.45, 7) is 0.930. The Balaban J connectivity index is 1.99. The van der Waals surface area contributed by atoms with E-state index in [1.807, 2.05) is 0 Å². The van der Waals surface area contributed by atoms with Crippen molar-refractivity contribution in [2.75, 3.05) is 13.2 Å². The van der Waals surface area contributed by atoms with Crippen LogP contribution in [0.2, 0.25) is 0 Å². The summed E-state index contributed by atoms with van der Waals surface area (Å²) in [5.41, 5.74) is 2.76. The molecule has 0 aromatic rings. The summed E-state index contributed by atoms with van der Waals surface area (Å²) in [4.78, 5) is 26.1. The minimum absolute atomic E-state index is 0.321. The summed E-state index contributed by atoms with van der Waals surface area (Å²) < 4.78 is 0. The summed E-state index contributed by atoms with van der Waals surface area (Å²) in [5.74, 6) is -0.641. The molecule has 0 atom stereocenters. The monoisotopic (exact) mass is 228 g/mol. The largest absolute Gasteiger partial charge is 0.268 e. The Kier molecular flexibility index (Phi) is 5.69. The number of rotatable bonds is 8. The zero-order valence-electron chi connectivity index (χ0n) is 9.02. The Morgan fingerprint density at radius 1 is 1.12 bits per heavy atom. The predicted octanol–water partition coefficient (Wildman–Crippen LogP) is 0.466. The van der Waals surface area contributed by atoms with Gasteiger partial charge in [-0.2, -0.15) is 0 Å². The molecule has 0 fully saturated rings. The molecule has 0 unspecified atom stereocenters. The molecule has 0 aromatic carbocycles. The number of hydrazine groups is 1. The van der Waals surface area contributed by atoms with Gasteiger partial charge in [-0.15, -0.1) is 0 Å². The highest BCUT2D eigenvalue weighted by Crippen LogP contribution is 2.02. The van der Waals surface area contributed by atoms with Gasteiger partial charge >= 0.3 is 0 Å². The van der Waals surface area contributed by atoms with E-state index < -0.39 is 0 Å². The van der Waals surface area contributed by atoms with Crippen LogP contribution in [0.25, 0.3) is 0 Å².